The fraction of sp³-hybridized carbons (Fsp3) is 0.882. The van der Waals surface area contributed by atoms with Gasteiger partial charge in [-0.05, 0) is 42.9 Å². The normalized spacial score (nSPS) is 40.0. The Bertz CT molecular complexity index is 501. The highest BCUT2D eigenvalue weighted by molar-refractivity contribution is 7.92. The predicted molar refractivity (Wildman–Crippen MR) is 84.8 cm³/mol. The Morgan fingerprint density at radius 3 is 2.19 bits per heavy atom. The Labute approximate surface area is 128 Å². The molecule has 21 heavy (non-hydrogen) atoms. The van der Waals surface area contributed by atoms with E-state index in [0.717, 1.165) is 69.0 Å². The number of nitrogens with zero attached hydrogens (tertiary/aromatic N) is 1. The Morgan fingerprint density at radius 2 is 1.57 bits per heavy atom. The average molecular weight is 309 g/mol. The van der Waals surface area contributed by atoms with Crippen LogP contribution in [0, 0.1) is 23.7 Å². The second kappa shape index (κ2) is 5.38. The monoisotopic (exact) mass is 309 g/mol. The topological polar surface area (TPSA) is 37.4 Å². The maximum atomic E-state index is 12.5. The minimum Gasteiger partial charge on any atom is -0.302 e. The van der Waals surface area contributed by atoms with Crippen molar-refractivity contribution in [1.82, 2.24) is 4.90 Å². The SMILES string of the molecule is O=S(=O)(CCN1C[C@@H]2C3C=CC(C3)[C@@H]2C1)C1CCCCC1. The van der Waals surface area contributed by atoms with E-state index in [1.54, 1.807) is 0 Å². The molecule has 4 heteroatoms. The summed E-state index contributed by atoms with van der Waals surface area (Å²) in [6.45, 7) is 3.04. The lowest BCUT2D eigenvalue weighted by Crippen LogP contribution is -2.34. The molecule has 0 radical (unpaired) electrons. The summed E-state index contributed by atoms with van der Waals surface area (Å²) in [4.78, 5) is 2.43. The van der Waals surface area contributed by atoms with Crippen molar-refractivity contribution >= 4 is 9.84 Å². The Hall–Kier alpha value is -0.350. The molecule has 3 nitrogen and oxygen atoms in total. The highest BCUT2D eigenvalue weighted by Gasteiger charge is 2.49. The third-order valence-corrected chi connectivity index (χ3v) is 8.73. The standard InChI is InChI=1S/C17H27NO2S/c19-21(20,15-4-2-1-3-5-15)9-8-18-11-16-13-6-7-14(10-13)17(16)12-18/h6-7,13-17H,1-5,8-12H2/t13?,14?,16-,17+. The summed E-state index contributed by atoms with van der Waals surface area (Å²) < 4.78 is 25.0. The maximum Gasteiger partial charge on any atom is 0.154 e. The molecule has 3 aliphatic carbocycles. The van der Waals surface area contributed by atoms with Gasteiger partial charge in [0.2, 0.25) is 0 Å². The van der Waals surface area contributed by atoms with Crippen molar-refractivity contribution in [2.75, 3.05) is 25.4 Å². The third-order valence-electron chi connectivity index (χ3n) is 6.49. The molecule has 0 N–H and O–H groups in total. The quantitative estimate of drug-likeness (QED) is 0.749. The maximum absolute atomic E-state index is 12.5. The number of fused-ring (bicyclic) bond motifs is 5. The lowest BCUT2D eigenvalue weighted by Gasteiger charge is -2.24. The van der Waals surface area contributed by atoms with E-state index in [1.807, 2.05) is 0 Å². The minimum absolute atomic E-state index is 0.0359. The summed E-state index contributed by atoms with van der Waals surface area (Å²) in [6, 6.07) is 0. The second-order valence-corrected chi connectivity index (χ2v) is 10.1. The molecule has 2 saturated carbocycles. The van der Waals surface area contributed by atoms with Gasteiger partial charge in [0.1, 0.15) is 0 Å². The molecule has 1 aliphatic heterocycles. The van der Waals surface area contributed by atoms with Crippen LogP contribution in [0.3, 0.4) is 0 Å². The van der Waals surface area contributed by atoms with Crippen LogP contribution in [0.2, 0.25) is 0 Å². The molecular weight excluding hydrogens is 282 g/mol. The van der Waals surface area contributed by atoms with Gasteiger partial charge in [0.25, 0.3) is 0 Å². The summed E-state index contributed by atoms with van der Waals surface area (Å²) in [7, 11) is -2.86. The molecule has 4 aliphatic rings. The highest BCUT2D eigenvalue weighted by Crippen LogP contribution is 2.51. The zero-order valence-electron chi connectivity index (χ0n) is 12.8. The zero-order chi connectivity index (χ0) is 14.4. The van der Waals surface area contributed by atoms with Gasteiger partial charge in [-0.1, -0.05) is 31.4 Å². The molecule has 1 saturated heterocycles. The van der Waals surface area contributed by atoms with Crippen LogP contribution in [0.25, 0.3) is 0 Å². The van der Waals surface area contributed by atoms with Gasteiger partial charge < -0.3 is 4.90 Å². The first-order valence-corrected chi connectivity index (χ1v) is 10.5. The Balaban J connectivity index is 1.32. The lowest BCUT2D eigenvalue weighted by molar-refractivity contribution is 0.314. The number of hydrogen-bond acceptors (Lipinski definition) is 3. The molecular formula is C17H27NO2S. The molecule has 0 amide bonds. The molecule has 0 spiro atoms. The highest BCUT2D eigenvalue weighted by atomic mass is 32.2. The van der Waals surface area contributed by atoms with Crippen LogP contribution in [0.1, 0.15) is 38.5 Å². The molecule has 3 fully saturated rings. The Morgan fingerprint density at radius 1 is 0.952 bits per heavy atom. The van der Waals surface area contributed by atoms with Crippen molar-refractivity contribution in [2.45, 2.75) is 43.8 Å². The van der Waals surface area contributed by atoms with E-state index in [2.05, 4.69) is 17.1 Å². The van der Waals surface area contributed by atoms with E-state index in [1.165, 1.54) is 12.8 Å². The summed E-state index contributed by atoms with van der Waals surface area (Å²) >= 11 is 0. The van der Waals surface area contributed by atoms with Crippen molar-refractivity contribution in [1.29, 1.82) is 0 Å². The molecule has 2 bridgehead atoms. The molecule has 118 valence electrons. The number of allylic oxidation sites excluding steroid dienone is 2. The van der Waals surface area contributed by atoms with Crippen LogP contribution in [-0.4, -0.2) is 44.0 Å². The van der Waals surface area contributed by atoms with E-state index in [0.29, 0.717) is 5.75 Å². The van der Waals surface area contributed by atoms with Gasteiger partial charge in [-0.25, -0.2) is 8.42 Å². The van der Waals surface area contributed by atoms with Crippen LogP contribution >= 0.6 is 0 Å². The van der Waals surface area contributed by atoms with Gasteiger partial charge in [-0.3, -0.25) is 0 Å². The van der Waals surface area contributed by atoms with Crippen molar-refractivity contribution < 1.29 is 8.42 Å². The first-order chi connectivity index (χ1) is 10.1. The molecule has 1 heterocycles. The molecule has 0 aromatic rings. The van der Waals surface area contributed by atoms with E-state index < -0.39 is 9.84 Å². The molecule has 4 atom stereocenters. The summed E-state index contributed by atoms with van der Waals surface area (Å²) in [5.41, 5.74) is 0. The van der Waals surface area contributed by atoms with Gasteiger partial charge >= 0.3 is 0 Å². The predicted octanol–water partition coefficient (Wildman–Crippen LogP) is 2.49. The van der Waals surface area contributed by atoms with Crippen LogP contribution in [-0.2, 0) is 9.84 Å². The van der Waals surface area contributed by atoms with E-state index in [4.69, 9.17) is 0 Å². The van der Waals surface area contributed by atoms with E-state index in [9.17, 15) is 8.42 Å². The van der Waals surface area contributed by atoms with Crippen molar-refractivity contribution in [3.05, 3.63) is 12.2 Å². The largest absolute Gasteiger partial charge is 0.302 e. The summed E-state index contributed by atoms with van der Waals surface area (Å²) in [5, 5.41) is -0.0359. The smallest absolute Gasteiger partial charge is 0.154 e. The van der Waals surface area contributed by atoms with Gasteiger partial charge in [0.15, 0.2) is 9.84 Å². The number of sulfone groups is 1. The molecule has 2 unspecified atom stereocenters. The van der Waals surface area contributed by atoms with Crippen molar-refractivity contribution in [3.63, 3.8) is 0 Å². The van der Waals surface area contributed by atoms with Crippen LogP contribution < -0.4 is 0 Å². The van der Waals surface area contributed by atoms with E-state index >= 15 is 0 Å². The molecule has 0 aromatic heterocycles. The van der Waals surface area contributed by atoms with Crippen molar-refractivity contribution in [3.8, 4) is 0 Å². The van der Waals surface area contributed by atoms with Gasteiger partial charge in [0.05, 0.1) is 11.0 Å². The minimum atomic E-state index is -2.86. The first kappa shape index (κ1) is 14.3. The lowest BCUT2D eigenvalue weighted by atomic mass is 9.86. The Kier molecular flexibility index (Phi) is 3.65. The number of likely N-dealkylation sites (tertiary alicyclic amines) is 1. The fourth-order valence-electron chi connectivity index (χ4n) is 5.27. The van der Waals surface area contributed by atoms with Gasteiger partial charge in [-0.15, -0.1) is 0 Å². The first-order valence-electron chi connectivity index (χ1n) is 8.76. The average Bonchev–Trinajstić information content (AvgIpc) is 3.18. The number of rotatable bonds is 4. The summed E-state index contributed by atoms with van der Waals surface area (Å²) in [5.74, 6) is 3.61. The molecule has 4 rings (SSSR count). The second-order valence-electron chi connectivity index (χ2n) is 7.66. The van der Waals surface area contributed by atoms with E-state index in [-0.39, 0.29) is 5.25 Å². The van der Waals surface area contributed by atoms with Gasteiger partial charge in [-0.2, -0.15) is 0 Å². The van der Waals surface area contributed by atoms with Gasteiger partial charge in [0, 0.05) is 19.6 Å². The number of hydrogen-bond donors (Lipinski definition) is 0. The zero-order valence-corrected chi connectivity index (χ0v) is 13.6. The third kappa shape index (κ3) is 2.59. The summed E-state index contributed by atoms with van der Waals surface area (Å²) in [6.07, 6.45) is 11.4. The van der Waals surface area contributed by atoms with Crippen LogP contribution in [0.4, 0.5) is 0 Å². The van der Waals surface area contributed by atoms with Crippen LogP contribution in [0.15, 0.2) is 12.2 Å². The van der Waals surface area contributed by atoms with Crippen LogP contribution in [0.5, 0.6) is 0 Å². The van der Waals surface area contributed by atoms with Crippen molar-refractivity contribution in [2.24, 2.45) is 23.7 Å². The molecule has 0 aromatic carbocycles. The fourth-order valence-corrected chi connectivity index (χ4v) is 7.17.